The number of hydrogen-bond donors (Lipinski definition) is 0. The van der Waals surface area contributed by atoms with Crippen LogP contribution < -0.4 is 0 Å². The molecule has 56 heavy (non-hydrogen) atoms. The summed E-state index contributed by atoms with van der Waals surface area (Å²) in [6.07, 6.45) is 2.71. The number of nitriles is 1. The first-order valence-corrected chi connectivity index (χ1v) is 19.0. The fraction of sp³-hybridized carbons (Fsp3) is 0.0400. The first-order valence-electron chi connectivity index (χ1n) is 19.0. The van der Waals surface area contributed by atoms with E-state index in [1.807, 2.05) is 36.5 Å². The molecule has 0 saturated carbocycles. The number of fused-ring (bicyclic) bond motifs is 13. The average Bonchev–Trinajstić information content (AvgIpc) is 3.99. The summed E-state index contributed by atoms with van der Waals surface area (Å²) >= 11 is 0. The third kappa shape index (κ3) is 4.28. The Morgan fingerprint density at radius 3 is 2.07 bits per heavy atom. The lowest BCUT2D eigenvalue weighted by molar-refractivity contribution is 0.665. The summed E-state index contributed by atoms with van der Waals surface area (Å²) in [5.74, 6) is 0. The monoisotopic (exact) mass is 717 g/mol. The Hall–Kier alpha value is -7.62. The van der Waals surface area contributed by atoms with Gasteiger partial charge in [-0.05, 0) is 84.8 Å². The van der Waals surface area contributed by atoms with Gasteiger partial charge in [0, 0.05) is 61.6 Å². The maximum atomic E-state index is 9.65. The number of nitrogens with zero attached hydrogens (tertiary/aromatic N) is 5. The number of aromatic nitrogens is 4. The Kier molecular flexibility index (Phi) is 6.43. The molecule has 12 aromatic rings. The third-order valence-corrected chi connectivity index (χ3v) is 11.6. The Morgan fingerprint density at radius 2 is 1.25 bits per heavy atom. The second kappa shape index (κ2) is 11.7. The summed E-state index contributed by atoms with van der Waals surface area (Å²) in [5.41, 5.74) is 13.3. The first-order chi connectivity index (χ1) is 27.7. The van der Waals surface area contributed by atoms with Gasteiger partial charge in [0.25, 0.3) is 0 Å². The van der Waals surface area contributed by atoms with Crippen molar-refractivity contribution in [3.8, 4) is 17.4 Å². The summed E-state index contributed by atoms with van der Waals surface area (Å²) in [6, 6.07) is 58.0. The van der Waals surface area contributed by atoms with E-state index in [1.165, 1.54) is 49.2 Å². The molecule has 0 aliphatic heterocycles. The number of furan rings is 1. The third-order valence-electron chi connectivity index (χ3n) is 11.6. The zero-order valence-corrected chi connectivity index (χ0v) is 30.1. The van der Waals surface area contributed by atoms with Crippen LogP contribution in [-0.4, -0.2) is 18.7 Å². The number of aryl methyl sites for hydroxylation is 2. The van der Waals surface area contributed by atoms with Crippen molar-refractivity contribution < 1.29 is 4.42 Å². The van der Waals surface area contributed by atoms with Crippen LogP contribution in [0.5, 0.6) is 0 Å². The summed E-state index contributed by atoms with van der Waals surface area (Å²) in [6.45, 7) is 0.813. The number of hydrogen-bond acceptors (Lipinski definition) is 3. The molecule has 0 saturated heterocycles. The van der Waals surface area contributed by atoms with Crippen molar-refractivity contribution in [2.24, 2.45) is 0 Å². The minimum atomic E-state index is 0.640. The molecular weight excluding hydrogens is 687 g/mol. The van der Waals surface area contributed by atoms with E-state index in [1.54, 1.807) is 0 Å². The van der Waals surface area contributed by atoms with Crippen LogP contribution in [0.2, 0.25) is 0 Å². The zero-order chi connectivity index (χ0) is 36.9. The smallest absolute Gasteiger partial charge is 0.177 e. The molecule has 0 unspecified atom stereocenters. The normalized spacial score (nSPS) is 12.1. The van der Waals surface area contributed by atoms with Crippen molar-refractivity contribution in [2.45, 2.75) is 13.0 Å². The van der Waals surface area contributed by atoms with E-state index in [9.17, 15) is 5.26 Å². The molecule has 0 atom stereocenters. The fourth-order valence-corrected chi connectivity index (χ4v) is 9.24. The van der Waals surface area contributed by atoms with Crippen LogP contribution in [-0.2, 0) is 13.0 Å². The van der Waals surface area contributed by atoms with Gasteiger partial charge in [0.15, 0.2) is 5.58 Å². The molecular formula is C50H31N5O. The Bertz CT molecular complexity index is 3610. The maximum absolute atomic E-state index is 9.65. The van der Waals surface area contributed by atoms with Gasteiger partial charge in [-0.3, -0.25) is 4.98 Å². The van der Waals surface area contributed by atoms with E-state index >= 15 is 0 Å². The van der Waals surface area contributed by atoms with Gasteiger partial charge in [-0.2, -0.15) is 5.26 Å². The topological polar surface area (TPSA) is 64.6 Å². The molecule has 6 nitrogen and oxygen atoms in total. The molecule has 5 heterocycles. The van der Waals surface area contributed by atoms with Gasteiger partial charge in [0.2, 0.25) is 0 Å². The Morgan fingerprint density at radius 1 is 0.554 bits per heavy atom. The second-order valence-electron chi connectivity index (χ2n) is 14.6. The number of pyridine rings is 1. The van der Waals surface area contributed by atoms with Crippen molar-refractivity contribution in [2.75, 3.05) is 0 Å². The molecule has 0 amide bonds. The van der Waals surface area contributed by atoms with Crippen LogP contribution in [0, 0.1) is 11.3 Å². The summed E-state index contributed by atoms with van der Waals surface area (Å²) in [5, 5.41) is 17.8. The lowest BCUT2D eigenvalue weighted by atomic mass is 10.1. The quantitative estimate of drug-likeness (QED) is 0.178. The lowest BCUT2D eigenvalue weighted by Crippen LogP contribution is -2.01. The molecule has 6 heteroatoms. The minimum absolute atomic E-state index is 0.640. The van der Waals surface area contributed by atoms with Crippen LogP contribution >= 0.6 is 0 Å². The highest BCUT2D eigenvalue weighted by atomic mass is 16.3. The molecule has 0 N–H and O–H groups in total. The van der Waals surface area contributed by atoms with Crippen LogP contribution in [0.15, 0.2) is 168 Å². The van der Waals surface area contributed by atoms with Gasteiger partial charge in [0.1, 0.15) is 11.1 Å². The SMILES string of the molecule is N#Cc1ccc2c(c1)c1ccccc1n2-c1ccnc2c1oc1ccc(CCn3c4ccccc4c4c3ccc3c5ccccc5n(-c5ccccc5)c34)cc12. The fourth-order valence-electron chi connectivity index (χ4n) is 9.24. The summed E-state index contributed by atoms with van der Waals surface area (Å²) < 4.78 is 13.8. The Balaban J connectivity index is 0.992. The van der Waals surface area contributed by atoms with Crippen LogP contribution in [0.25, 0.3) is 98.9 Å². The van der Waals surface area contributed by atoms with Gasteiger partial charge in [-0.15, -0.1) is 0 Å². The summed E-state index contributed by atoms with van der Waals surface area (Å²) in [7, 11) is 0. The van der Waals surface area contributed by atoms with Gasteiger partial charge in [-0.1, -0.05) is 84.9 Å². The summed E-state index contributed by atoms with van der Waals surface area (Å²) in [4.78, 5) is 4.88. The van der Waals surface area contributed by atoms with Crippen LogP contribution in [0.1, 0.15) is 11.1 Å². The molecule has 262 valence electrons. The number of benzene rings is 7. The molecule has 0 spiro atoms. The van der Waals surface area contributed by atoms with E-state index in [2.05, 4.69) is 147 Å². The van der Waals surface area contributed by atoms with Crippen LogP contribution in [0.4, 0.5) is 0 Å². The van der Waals surface area contributed by atoms with Crippen molar-refractivity contribution in [1.29, 1.82) is 5.26 Å². The predicted octanol–water partition coefficient (Wildman–Crippen LogP) is 12.4. The predicted molar refractivity (Wildman–Crippen MR) is 228 cm³/mol. The number of rotatable bonds is 5. The highest BCUT2D eigenvalue weighted by Gasteiger charge is 2.21. The van der Waals surface area contributed by atoms with E-state index in [0.717, 1.165) is 68.2 Å². The molecule has 0 aliphatic rings. The molecule has 7 aromatic carbocycles. The zero-order valence-electron chi connectivity index (χ0n) is 30.1. The van der Waals surface area contributed by atoms with Crippen molar-refractivity contribution >= 4 is 87.5 Å². The number of para-hydroxylation sites is 4. The van der Waals surface area contributed by atoms with E-state index in [4.69, 9.17) is 9.40 Å². The van der Waals surface area contributed by atoms with Crippen molar-refractivity contribution in [3.63, 3.8) is 0 Å². The maximum Gasteiger partial charge on any atom is 0.177 e. The largest absolute Gasteiger partial charge is 0.452 e. The van der Waals surface area contributed by atoms with Gasteiger partial charge in [-0.25, -0.2) is 0 Å². The van der Waals surface area contributed by atoms with Gasteiger partial charge < -0.3 is 18.1 Å². The van der Waals surface area contributed by atoms with Gasteiger partial charge in [0.05, 0.1) is 44.9 Å². The molecule has 0 radical (unpaired) electrons. The highest BCUT2D eigenvalue weighted by molar-refractivity contribution is 6.25. The molecule has 0 fully saturated rings. The molecule has 0 aliphatic carbocycles. The Labute approximate surface area is 320 Å². The van der Waals surface area contributed by atoms with E-state index < -0.39 is 0 Å². The van der Waals surface area contributed by atoms with Crippen molar-refractivity contribution in [3.05, 3.63) is 175 Å². The highest BCUT2D eigenvalue weighted by Crippen LogP contribution is 2.42. The van der Waals surface area contributed by atoms with E-state index in [-0.39, 0.29) is 0 Å². The standard InChI is InChI=1S/C50H31N5O/c51-30-32-18-21-43-38(29-32)35-13-5-9-17-42(35)55(43)45-24-26-52-48-39-28-31(19-23-46(39)56-50(45)48)25-27-53-40-15-7-6-14-37(40)47-44(53)22-20-36-34-12-4-8-16-41(34)54(49(36)47)33-10-2-1-3-11-33/h1-24,26,28-29H,25,27H2. The second-order valence-corrected chi connectivity index (χ2v) is 14.6. The van der Waals surface area contributed by atoms with Crippen molar-refractivity contribution in [1.82, 2.24) is 18.7 Å². The lowest BCUT2D eigenvalue weighted by Gasteiger charge is -2.10. The van der Waals surface area contributed by atoms with E-state index in [0.29, 0.717) is 5.56 Å². The molecule has 12 rings (SSSR count). The van der Waals surface area contributed by atoms with Gasteiger partial charge >= 0.3 is 0 Å². The minimum Gasteiger partial charge on any atom is -0.452 e. The van der Waals surface area contributed by atoms with Crippen LogP contribution in [0.3, 0.4) is 0 Å². The average molecular weight is 718 g/mol. The first kappa shape index (κ1) is 30.8. The molecule has 0 bridgehead atoms. The molecule has 5 aromatic heterocycles.